The molecule has 0 spiro atoms. The first-order valence-electron chi connectivity index (χ1n) is 13.5. The van der Waals surface area contributed by atoms with E-state index in [0.29, 0.717) is 17.9 Å². The topological polar surface area (TPSA) is 95.6 Å². The molecule has 9 heteroatoms. The van der Waals surface area contributed by atoms with E-state index in [2.05, 4.69) is 30.0 Å². The van der Waals surface area contributed by atoms with Gasteiger partial charge in [-0.2, -0.15) is 5.10 Å². The van der Waals surface area contributed by atoms with Crippen molar-refractivity contribution >= 4 is 22.1 Å². The zero-order valence-electron chi connectivity index (χ0n) is 22.1. The molecule has 1 saturated heterocycles. The van der Waals surface area contributed by atoms with E-state index in [0.717, 1.165) is 75.4 Å². The average molecular weight is 534 g/mol. The van der Waals surface area contributed by atoms with Crippen LogP contribution in [0.25, 0.3) is 55.8 Å². The smallest absolute Gasteiger partial charge is 0.138 e. The molecule has 8 nitrogen and oxygen atoms in total. The van der Waals surface area contributed by atoms with Gasteiger partial charge in [-0.3, -0.25) is 15.0 Å². The largest absolute Gasteiger partial charge is 0.491 e. The predicted molar refractivity (Wildman–Crippen MR) is 154 cm³/mol. The minimum absolute atomic E-state index is 0.263. The molecule has 0 radical (unpaired) electrons. The number of nitrogens with zero attached hydrogens (tertiary/aromatic N) is 5. The van der Waals surface area contributed by atoms with E-state index in [1.165, 1.54) is 18.9 Å². The molecule has 200 valence electrons. The molecule has 0 aliphatic carbocycles. The maximum absolute atomic E-state index is 14.2. The number of aryl methyl sites for hydroxylation is 1. The van der Waals surface area contributed by atoms with Crippen LogP contribution in [0, 0.1) is 12.7 Å². The summed E-state index contributed by atoms with van der Waals surface area (Å²) >= 11 is 0. The number of hydrogen-bond acceptors (Lipinski definition) is 6. The van der Waals surface area contributed by atoms with Crippen LogP contribution in [0.2, 0.25) is 0 Å². The Kier molecular flexibility index (Phi) is 6.20. The van der Waals surface area contributed by atoms with Crippen LogP contribution in [-0.2, 0) is 0 Å². The van der Waals surface area contributed by atoms with Gasteiger partial charge in [0.2, 0.25) is 0 Å². The summed E-state index contributed by atoms with van der Waals surface area (Å²) in [4.78, 5) is 19.7. The van der Waals surface area contributed by atoms with E-state index >= 15 is 0 Å². The number of halogens is 1. The molecule has 5 aromatic heterocycles. The molecule has 6 aromatic rings. The van der Waals surface area contributed by atoms with Crippen molar-refractivity contribution in [3.8, 4) is 39.5 Å². The molecular formula is C31H28FN7O. The molecule has 1 aliphatic rings. The van der Waals surface area contributed by atoms with Gasteiger partial charge in [-0.15, -0.1) is 0 Å². The number of likely N-dealkylation sites (tertiary alicyclic amines) is 1. The predicted octanol–water partition coefficient (Wildman–Crippen LogP) is 6.15. The lowest BCUT2D eigenvalue weighted by Crippen LogP contribution is -2.25. The summed E-state index contributed by atoms with van der Waals surface area (Å²) in [5.74, 6) is 0.467. The quantitative estimate of drug-likeness (QED) is 0.256. The van der Waals surface area contributed by atoms with Crippen molar-refractivity contribution < 1.29 is 9.13 Å². The van der Waals surface area contributed by atoms with Crippen molar-refractivity contribution in [2.75, 3.05) is 26.2 Å². The van der Waals surface area contributed by atoms with Gasteiger partial charge < -0.3 is 9.72 Å². The van der Waals surface area contributed by atoms with Gasteiger partial charge in [0.05, 0.1) is 23.1 Å². The molecule has 0 atom stereocenters. The number of nitrogens with one attached hydrogen (secondary N) is 2. The summed E-state index contributed by atoms with van der Waals surface area (Å²) in [6, 6.07) is 14.8. The number of aromatic nitrogens is 6. The Labute approximate surface area is 230 Å². The Balaban J connectivity index is 1.21. The Morgan fingerprint density at radius 3 is 2.77 bits per heavy atom. The van der Waals surface area contributed by atoms with E-state index in [4.69, 9.17) is 9.72 Å². The summed E-state index contributed by atoms with van der Waals surface area (Å²) in [6.07, 6.45) is 7.80. The first-order chi connectivity index (χ1) is 19.6. The SMILES string of the molecule is Cc1cc(F)cc(-c2ccnc3[nH]c(-c4n[nH]c5ccc(-c6cncc(OCCN7CCCC7)c6)nc45)cc23)c1. The number of pyridine rings is 3. The second-order valence-electron chi connectivity index (χ2n) is 10.3. The molecule has 0 bridgehead atoms. The van der Waals surface area contributed by atoms with Gasteiger partial charge in [-0.05, 0) is 92.0 Å². The van der Waals surface area contributed by atoms with Crippen LogP contribution in [0.5, 0.6) is 5.75 Å². The molecule has 2 N–H and O–H groups in total. The molecule has 1 aromatic carbocycles. The molecule has 40 heavy (non-hydrogen) atoms. The van der Waals surface area contributed by atoms with Crippen molar-refractivity contribution in [3.05, 3.63) is 78.5 Å². The van der Waals surface area contributed by atoms with E-state index in [-0.39, 0.29) is 5.82 Å². The lowest BCUT2D eigenvalue weighted by molar-refractivity contribution is 0.237. The highest BCUT2D eigenvalue weighted by atomic mass is 19.1. The normalized spacial score (nSPS) is 13.9. The van der Waals surface area contributed by atoms with Gasteiger partial charge >= 0.3 is 0 Å². The summed E-state index contributed by atoms with van der Waals surface area (Å²) in [6.45, 7) is 5.74. The van der Waals surface area contributed by atoms with Crippen LogP contribution in [-0.4, -0.2) is 61.3 Å². The van der Waals surface area contributed by atoms with Gasteiger partial charge in [-0.1, -0.05) is 6.07 Å². The first kappa shape index (κ1) is 24.4. The van der Waals surface area contributed by atoms with Crippen LogP contribution in [0.4, 0.5) is 4.39 Å². The van der Waals surface area contributed by atoms with E-state index in [9.17, 15) is 4.39 Å². The second kappa shape index (κ2) is 10.2. The third kappa shape index (κ3) is 4.69. The van der Waals surface area contributed by atoms with Gasteiger partial charge in [0.1, 0.15) is 35.0 Å². The van der Waals surface area contributed by atoms with Crippen LogP contribution in [0.3, 0.4) is 0 Å². The number of ether oxygens (including phenoxy) is 1. The molecular weight excluding hydrogens is 505 g/mol. The van der Waals surface area contributed by atoms with Gasteiger partial charge in [0.25, 0.3) is 0 Å². The molecule has 6 heterocycles. The summed E-state index contributed by atoms with van der Waals surface area (Å²) in [5.41, 5.74) is 7.91. The maximum atomic E-state index is 14.2. The number of aromatic amines is 2. The lowest BCUT2D eigenvalue weighted by atomic mass is 10.0. The first-order valence-corrected chi connectivity index (χ1v) is 13.5. The fraction of sp³-hybridized carbons (Fsp3) is 0.226. The number of fused-ring (bicyclic) bond motifs is 2. The Morgan fingerprint density at radius 1 is 1.00 bits per heavy atom. The molecule has 0 unspecified atom stereocenters. The van der Waals surface area contributed by atoms with Crippen molar-refractivity contribution in [3.63, 3.8) is 0 Å². The third-order valence-corrected chi connectivity index (χ3v) is 7.43. The van der Waals surface area contributed by atoms with Crippen LogP contribution < -0.4 is 4.74 Å². The maximum Gasteiger partial charge on any atom is 0.138 e. The summed E-state index contributed by atoms with van der Waals surface area (Å²) in [5, 5.41) is 8.55. The Bertz CT molecular complexity index is 1820. The monoisotopic (exact) mass is 533 g/mol. The highest BCUT2D eigenvalue weighted by Gasteiger charge is 2.17. The van der Waals surface area contributed by atoms with Crippen LogP contribution in [0.15, 0.2) is 67.1 Å². The highest BCUT2D eigenvalue weighted by molar-refractivity contribution is 5.99. The van der Waals surface area contributed by atoms with Crippen molar-refractivity contribution in [2.24, 2.45) is 0 Å². The summed E-state index contributed by atoms with van der Waals surface area (Å²) in [7, 11) is 0. The number of rotatable bonds is 7. The molecule has 7 rings (SSSR count). The zero-order chi connectivity index (χ0) is 27.1. The number of hydrogen-bond donors (Lipinski definition) is 2. The van der Waals surface area contributed by atoms with E-state index in [1.807, 2.05) is 43.3 Å². The Hall–Kier alpha value is -4.63. The number of H-pyrrole nitrogens is 2. The highest BCUT2D eigenvalue weighted by Crippen LogP contribution is 2.34. The van der Waals surface area contributed by atoms with Crippen molar-refractivity contribution in [2.45, 2.75) is 19.8 Å². The fourth-order valence-corrected chi connectivity index (χ4v) is 5.48. The number of benzene rings is 1. The Morgan fingerprint density at radius 2 is 1.90 bits per heavy atom. The summed E-state index contributed by atoms with van der Waals surface area (Å²) < 4.78 is 20.2. The van der Waals surface area contributed by atoms with Gasteiger partial charge in [0, 0.05) is 29.9 Å². The standard InChI is InChI=1S/C31H28FN7O/c1-19-12-20(14-22(32)13-19)24-6-7-34-31-25(24)16-28(36-31)30-29-27(37-38-30)5-4-26(35-29)21-15-23(18-33-17-21)40-11-10-39-8-2-3-9-39/h4-7,12-18H,2-3,8-11H2,1H3,(H,34,36)(H,37,38). The third-order valence-electron chi connectivity index (χ3n) is 7.43. The molecule has 0 amide bonds. The molecule has 1 fully saturated rings. The molecule has 0 saturated carbocycles. The van der Waals surface area contributed by atoms with E-state index in [1.54, 1.807) is 24.7 Å². The minimum Gasteiger partial charge on any atom is -0.491 e. The molecule has 1 aliphatic heterocycles. The lowest BCUT2D eigenvalue weighted by Gasteiger charge is -2.15. The van der Waals surface area contributed by atoms with Crippen molar-refractivity contribution in [1.29, 1.82) is 0 Å². The minimum atomic E-state index is -0.263. The van der Waals surface area contributed by atoms with Crippen LogP contribution >= 0.6 is 0 Å². The average Bonchev–Trinajstić information content (AvgIpc) is 3.71. The second-order valence-corrected chi connectivity index (χ2v) is 10.3. The van der Waals surface area contributed by atoms with Gasteiger partial charge in [-0.25, -0.2) is 14.4 Å². The zero-order valence-corrected chi connectivity index (χ0v) is 22.1. The van der Waals surface area contributed by atoms with Crippen molar-refractivity contribution in [1.82, 2.24) is 35.0 Å². The van der Waals surface area contributed by atoms with Gasteiger partial charge in [0.15, 0.2) is 0 Å². The fourth-order valence-electron chi connectivity index (χ4n) is 5.48. The van der Waals surface area contributed by atoms with Crippen LogP contribution in [0.1, 0.15) is 18.4 Å². The van der Waals surface area contributed by atoms with E-state index < -0.39 is 0 Å².